The third-order valence-electron chi connectivity index (χ3n) is 7.36. The van der Waals surface area contributed by atoms with Gasteiger partial charge in [0.05, 0.1) is 11.4 Å². The predicted molar refractivity (Wildman–Crippen MR) is 180 cm³/mol. The third kappa shape index (κ3) is 6.61. The predicted octanol–water partition coefficient (Wildman–Crippen LogP) is 10.2. The minimum atomic E-state index is 0. The van der Waals surface area contributed by atoms with Crippen molar-refractivity contribution in [3.63, 3.8) is 0 Å². The molecule has 46 heavy (non-hydrogen) atoms. The maximum absolute atomic E-state index is 10.7. The van der Waals surface area contributed by atoms with Crippen LogP contribution < -0.4 is 9.64 Å². The van der Waals surface area contributed by atoms with E-state index in [2.05, 4.69) is 35.2 Å². The van der Waals surface area contributed by atoms with Crippen molar-refractivity contribution in [3.05, 3.63) is 170 Å². The number of anilines is 3. The van der Waals surface area contributed by atoms with E-state index in [9.17, 15) is 5.11 Å². The van der Waals surface area contributed by atoms with Crippen LogP contribution in [0.1, 0.15) is 0 Å². The molecular formula is C40H28N3O2Pt-. The van der Waals surface area contributed by atoms with Gasteiger partial charge in [0.1, 0.15) is 23.1 Å². The molecule has 6 heteroatoms. The van der Waals surface area contributed by atoms with E-state index in [0.717, 1.165) is 33.9 Å². The number of pyridine rings is 2. The van der Waals surface area contributed by atoms with E-state index < -0.39 is 0 Å². The van der Waals surface area contributed by atoms with E-state index >= 15 is 0 Å². The summed E-state index contributed by atoms with van der Waals surface area (Å²) in [5.41, 5.74) is 6.56. The van der Waals surface area contributed by atoms with Crippen LogP contribution in [-0.4, -0.2) is 15.1 Å². The van der Waals surface area contributed by atoms with Crippen LogP contribution in [0.25, 0.3) is 33.6 Å². The van der Waals surface area contributed by atoms with Crippen LogP contribution in [0.4, 0.5) is 17.2 Å². The second-order valence-electron chi connectivity index (χ2n) is 10.4. The van der Waals surface area contributed by atoms with Crippen molar-refractivity contribution in [2.45, 2.75) is 0 Å². The van der Waals surface area contributed by atoms with Crippen LogP contribution in [0.2, 0.25) is 0 Å². The number of benzene rings is 5. The Morgan fingerprint density at radius 2 is 1.26 bits per heavy atom. The molecule has 0 unspecified atom stereocenters. The second-order valence-corrected chi connectivity index (χ2v) is 10.4. The summed E-state index contributed by atoms with van der Waals surface area (Å²) < 4.78 is 6.27. The summed E-state index contributed by atoms with van der Waals surface area (Å²) >= 11 is 0. The van der Waals surface area contributed by atoms with Crippen molar-refractivity contribution in [2.75, 3.05) is 4.90 Å². The zero-order valence-corrected chi connectivity index (χ0v) is 26.9. The summed E-state index contributed by atoms with van der Waals surface area (Å²) in [4.78, 5) is 11.8. The largest absolute Gasteiger partial charge is 0.507 e. The average molecular weight is 778 g/mol. The molecule has 0 atom stereocenters. The molecule has 0 fully saturated rings. The number of rotatable bonds is 8. The Hall–Kier alpha value is -5.51. The van der Waals surface area contributed by atoms with Gasteiger partial charge in [-0.2, -0.15) is 0 Å². The quantitative estimate of drug-likeness (QED) is 0.156. The van der Waals surface area contributed by atoms with Gasteiger partial charge in [0, 0.05) is 44.5 Å². The van der Waals surface area contributed by atoms with Gasteiger partial charge in [-0.1, -0.05) is 84.9 Å². The molecule has 0 aliphatic rings. The summed E-state index contributed by atoms with van der Waals surface area (Å²) in [6, 6.07) is 54.6. The van der Waals surface area contributed by atoms with E-state index in [1.807, 2.05) is 121 Å². The summed E-state index contributed by atoms with van der Waals surface area (Å²) in [7, 11) is 0. The van der Waals surface area contributed by atoms with E-state index in [0.29, 0.717) is 28.5 Å². The molecule has 0 saturated carbocycles. The van der Waals surface area contributed by atoms with Crippen LogP contribution in [0.3, 0.4) is 0 Å². The molecule has 0 aliphatic carbocycles. The molecule has 2 heterocycles. The molecule has 0 saturated heterocycles. The van der Waals surface area contributed by atoms with Gasteiger partial charge in [0.2, 0.25) is 0 Å². The van der Waals surface area contributed by atoms with Crippen molar-refractivity contribution < 1.29 is 30.9 Å². The fraction of sp³-hybridized carbons (Fsp3) is 0. The van der Waals surface area contributed by atoms with E-state index in [-0.39, 0.29) is 26.8 Å². The number of phenols is 1. The molecule has 0 radical (unpaired) electrons. The van der Waals surface area contributed by atoms with Crippen LogP contribution >= 0.6 is 0 Å². The summed E-state index contributed by atoms with van der Waals surface area (Å²) in [5, 5.41) is 10.7. The van der Waals surface area contributed by atoms with Gasteiger partial charge in [-0.15, -0.1) is 29.8 Å². The first-order valence-electron chi connectivity index (χ1n) is 14.6. The molecule has 226 valence electrons. The van der Waals surface area contributed by atoms with Crippen molar-refractivity contribution in [2.24, 2.45) is 0 Å². The van der Waals surface area contributed by atoms with Gasteiger partial charge in [0.15, 0.2) is 0 Å². The van der Waals surface area contributed by atoms with Gasteiger partial charge >= 0.3 is 0 Å². The molecular weight excluding hydrogens is 750 g/mol. The van der Waals surface area contributed by atoms with Crippen LogP contribution in [0, 0.1) is 6.07 Å². The fourth-order valence-corrected chi connectivity index (χ4v) is 5.28. The topological polar surface area (TPSA) is 58.5 Å². The number of phenolic OH excluding ortho intramolecular Hbond substituents is 1. The SMILES string of the molecule is Oc1ccccc1-c1cc(Oc2ccccc2)cc(-c2[c-]c(N(c3ccccn3)c3ccccc3-c3ccccc3)ccc2)n1.[Pt]. The fourth-order valence-electron chi connectivity index (χ4n) is 5.28. The van der Waals surface area contributed by atoms with Crippen LogP contribution in [0.5, 0.6) is 17.2 Å². The first kappa shape index (κ1) is 30.5. The van der Waals surface area contributed by atoms with Gasteiger partial charge < -0.3 is 14.7 Å². The monoisotopic (exact) mass is 777 g/mol. The molecule has 7 rings (SSSR count). The van der Waals surface area contributed by atoms with Gasteiger partial charge in [-0.25, -0.2) is 4.98 Å². The van der Waals surface area contributed by atoms with Gasteiger partial charge in [-0.3, -0.25) is 4.98 Å². The molecule has 2 aromatic heterocycles. The standard InChI is InChI=1S/C40H28N3O2.Pt/c44-39-23-10-8-21-35(39)37-28-33(45-32-18-5-2-6-19-32)27-36(42-37)30-16-13-17-31(26-30)43(40-24-11-12-25-41-40)38-22-9-7-20-34(38)29-14-3-1-4-15-29;/h1-25,27-28,44H;/q-1;. The molecule has 5 nitrogen and oxygen atoms in total. The minimum Gasteiger partial charge on any atom is -0.507 e. The Labute approximate surface area is 282 Å². The Bertz CT molecular complexity index is 2060. The smallest absolute Gasteiger partial charge is 0.136 e. The normalized spacial score (nSPS) is 10.5. The van der Waals surface area contributed by atoms with Crippen LogP contribution in [0.15, 0.2) is 164 Å². The number of nitrogens with zero attached hydrogens (tertiary/aromatic N) is 3. The number of aromatic hydroxyl groups is 1. The van der Waals surface area contributed by atoms with E-state index in [4.69, 9.17) is 14.7 Å². The number of hydrogen-bond acceptors (Lipinski definition) is 5. The van der Waals surface area contributed by atoms with Crippen molar-refractivity contribution in [1.29, 1.82) is 0 Å². The molecule has 7 aromatic rings. The number of ether oxygens (including phenoxy) is 1. The summed E-state index contributed by atoms with van der Waals surface area (Å²) in [6.45, 7) is 0. The molecule has 1 N–H and O–H groups in total. The van der Waals surface area contributed by atoms with E-state index in [1.165, 1.54) is 0 Å². The van der Waals surface area contributed by atoms with Crippen molar-refractivity contribution in [1.82, 2.24) is 9.97 Å². The minimum absolute atomic E-state index is 0. The maximum atomic E-state index is 10.7. The Morgan fingerprint density at radius 1 is 0.587 bits per heavy atom. The van der Waals surface area contributed by atoms with Gasteiger partial charge in [-0.05, 0) is 65.5 Å². The summed E-state index contributed by atoms with van der Waals surface area (Å²) in [5.74, 6) is 2.21. The average Bonchev–Trinajstić information content (AvgIpc) is 3.10. The number of hydrogen-bond donors (Lipinski definition) is 1. The van der Waals surface area contributed by atoms with Gasteiger partial charge in [0.25, 0.3) is 0 Å². The summed E-state index contributed by atoms with van der Waals surface area (Å²) in [6.07, 6.45) is 1.79. The molecule has 5 aromatic carbocycles. The Morgan fingerprint density at radius 3 is 2.02 bits per heavy atom. The molecule has 0 spiro atoms. The zero-order valence-electron chi connectivity index (χ0n) is 24.6. The first-order valence-corrected chi connectivity index (χ1v) is 14.6. The maximum Gasteiger partial charge on any atom is 0.136 e. The Kier molecular flexibility index (Phi) is 9.33. The zero-order chi connectivity index (χ0) is 30.4. The molecule has 0 aliphatic heterocycles. The van der Waals surface area contributed by atoms with Crippen molar-refractivity contribution in [3.8, 4) is 50.9 Å². The van der Waals surface area contributed by atoms with Crippen LogP contribution in [-0.2, 0) is 21.1 Å². The number of para-hydroxylation sites is 3. The first-order chi connectivity index (χ1) is 22.2. The number of aromatic nitrogens is 2. The van der Waals surface area contributed by atoms with Crippen molar-refractivity contribution >= 4 is 17.2 Å². The second kappa shape index (κ2) is 14.1. The third-order valence-corrected chi connectivity index (χ3v) is 7.36. The molecule has 0 bridgehead atoms. The Balaban J connectivity index is 0.00000372. The van der Waals surface area contributed by atoms with E-state index in [1.54, 1.807) is 18.3 Å². The molecule has 0 amide bonds.